The van der Waals surface area contributed by atoms with Gasteiger partial charge in [0, 0.05) is 30.0 Å². The van der Waals surface area contributed by atoms with Crippen LogP contribution in [0.4, 0.5) is 8.78 Å². The Morgan fingerprint density at radius 2 is 1.75 bits per heavy atom. The molecule has 1 aliphatic rings. The molecule has 1 amide bonds. The van der Waals surface area contributed by atoms with Crippen LogP contribution in [0.5, 0.6) is 0 Å². The van der Waals surface area contributed by atoms with Crippen molar-refractivity contribution >= 4 is 18.3 Å². The van der Waals surface area contributed by atoms with Crippen LogP contribution in [-0.4, -0.2) is 12.5 Å². The largest absolute Gasteiger partial charge is 0.354 e. The van der Waals surface area contributed by atoms with Crippen LogP contribution < -0.4 is 11.1 Å². The van der Waals surface area contributed by atoms with E-state index in [4.69, 9.17) is 5.73 Å². The van der Waals surface area contributed by atoms with E-state index >= 15 is 0 Å². The van der Waals surface area contributed by atoms with Crippen molar-refractivity contribution < 1.29 is 13.6 Å². The molecule has 0 saturated heterocycles. The van der Waals surface area contributed by atoms with Crippen molar-refractivity contribution in [2.45, 2.75) is 18.4 Å². The summed E-state index contributed by atoms with van der Waals surface area (Å²) in [5, 5.41) is 2.77. The fourth-order valence-electron chi connectivity index (χ4n) is 2.83. The lowest BCUT2D eigenvalue weighted by Gasteiger charge is -2.13. The summed E-state index contributed by atoms with van der Waals surface area (Å²) < 4.78 is 27.4. The van der Waals surface area contributed by atoms with E-state index in [2.05, 4.69) is 5.32 Å². The minimum Gasteiger partial charge on any atom is -0.354 e. The molecule has 1 fully saturated rings. The van der Waals surface area contributed by atoms with Crippen LogP contribution in [0.25, 0.3) is 0 Å². The summed E-state index contributed by atoms with van der Waals surface area (Å²) in [4.78, 5) is 12.1. The normalized spacial score (nSPS) is 20.0. The number of benzene rings is 2. The van der Waals surface area contributed by atoms with E-state index in [1.54, 1.807) is 0 Å². The molecule has 24 heavy (non-hydrogen) atoms. The van der Waals surface area contributed by atoms with Gasteiger partial charge >= 0.3 is 0 Å². The summed E-state index contributed by atoms with van der Waals surface area (Å²) in [5.74, 6) is -2.16. The van der Waals surface area contributed by atoms with Gasteiger partial charge in [0.05, 0.1) is 0 Å². The van der Waals surface area contributed by atoms with Crippen molar-refractivity contribution in [1.29, 1.82) is 0 Å². The van der Waals surface area contributed by atoms with E-state index in [9.17, 15) is 13.6 Å². The van der Waals surface area contributed by atoms with E-state index in [1.165, 1.54) is 18.2 Å². The maximum atomic E-state index is 13.7. The standard InChI is InChI=1S/C18H18F2N2O.ClH/c19-14-7-4-8-15(20)17(14)12-9-13(12)18(23)22-10-16(21)11-5-2-1-3-6-11;/h1-8,12-13,16H,9-10,21H2,(H,22,23);1H. The lowest BCUT2D eigenvalue weighted by molar-refractivity contribution is -0.122. The smallest absolute Gasteiger partial charge is 0.223 e. The highest BCUT2D eigenvalue weighted by atomic mass is 35.5. The first kappa shape index (κ1) is 18.4. The molecule has 0 aromatic heterocycles. The van der Waals surface area contributed by atoms with Gasteiger partial charge in [0.1, 0.15) is 11.6 Å². The van der Waals surface area contributed by atoms with Crippen molar-refractivity contribution in [2.24, 2.45) is 11.7 Å². The maximum absolute atomic E-state index is 13.7. The van der Waals surface area contributed by atoms with Crippen LogP contribution in [-0.2, 0) is 4.79 Å². The topological polar surface area (TPSA) is 55.1 Å². The first-order valence-electron chi connectivity index (χ1n) is 7.60. The summed E-state index contributed by atoms with van der Waals surface area (Å²) in [6, 6.07) is 12.9. The molecule has 1 aliphatic carbocycles. The second-order valence-electron chi connectivity index (χ2n) is 5.85. The van der Waals surface area contributed by atoms with Gasteiger partial charge in [0.2, 0.25) is 5.91 Å². The number of hydrogen-bond acceptors (Lipinski definition) is 2. The third-order valence-corrected chi connectivity index (χ3v) is 4.22. The molecule has 0 bridgehead atoms. The van der Waals surface area contributed by atoms with Crippen molar-refractivity contribution in [3.8, 4) is 0 Å². The Morgan fingerprint density at radius 1 is 1.12 bits per heavy atom. The molecule has 0 aliphatic heterocycles. The number of nitrogens with two attached hydrogens (primary N) is 1. The maximum Gasteiger partial charge on any atom is 0.223 e. The summed E-state index contributed by atoms with van der Waals surface area (Å²) in [7, 11) is 0. The summed E-state index contributed by atoms with van der Waals surface area (Å²) in [6.45, 7) is 0.297. The molecule has 1 saturated carbocycles. The molecular formula is C18H19ClF2N2O. The van der Waals surface area contributed by atoms with Crippen molar-refractivity contribution in [2.75, 3.05) is 6.54 Å². The minimum atomic E-state index is -0.591. The zero-order valence-corrected chi connectivity index (χ0v) is 13.7. The SMILES string of the molecule is Cl.NC(CNC(=O)C1CC1c1c(F)cccc1F)c1ccccc1. The zero-order chi connectivity index (χ0) is 16.4. The Labute approximate surface area is 145 Å². The van der Waals surface area contributed by atoms with Gasteiger partial charge in [-0.2, -0.15) is 0 Å². The second-order valence-corrected chi connectivity index (χ2v) is 5.85. The molecule has 0 spiro atoms. The minimum absolute atomic E-state index is 0. The highest BCUT2D eigenvalue weighted by molar-refractivity contribution is 5.85. The van der Waals surface area contributed by atoms with Gasteiger partial charge in [-0.25, -0.2) is 8.78 Å². The number of nitrogens with one attached hydrogen (secondary N) is 1. The fraction of sp³-hybridized carbons (Fsp3) is 0.278. The van der Waals surface area contributed by atoms with Crippen LogP contribution in [0.1, 0.15) is 29.5 Å². The summed E-state index contributed by atoms with van der Waals surface area (Å²) in [5.41, 5.74) is 6.97. The van der Waals surface area contributed by atoms with Crippen molar-refractivity contribution in [3.05, 3.63) is 71.3 Å². The van der Waals surface area contributed by atoms with Gasteiger partial charge in [-0.1, -0.05) is 36.4 Å². The van der Waals surface area contributed by atoms with Crippen molar-refractivity contribution in [1.82, 2.24) is 5.32 Å². The zero-order valence-electron chi connectivity index (χ0n) is 12.9. The average Bonchev–Trinajstić information content (AvgIpc) is 3.33. The predicted molar refractivity (Wildman–Crippen MR) is 90.8 cm³/mol. The Balaban J connectivity index is 0.00000208. The number of amides is 1. The van der Waals surface area contributed by atoms with Gasteiger partial charge in [0.15, 0.2) is 0 Å². The van der Waals surface area contributed by atoms with Gasteiger partial charge in [-0.15, -0.1) is 12.4 Å². The van der Waals surface area contributed by atoms with E-state index in [1.807, 2.05) is 30.3 Å². The predicted octanol–water partition coefficient (Wildman–Crippen LogP) is 3.31. The Morgan fingerprint density at radius 3 is 2.38 bits per heavy atom. The first-order valence-corrected chi connectivity index (χ1v) is 7.60. The Bertz CT molecular complexity index is 691. The van der Waals surface area contributed by atoms with Gasteiger partial charge in [-0.3, -0.25) is 4.79 Å². The summed E-state index contributed by atoms with van der Waals surface area (Å²) in [6.07, 6.45) is 0.463. The van der Waals surface area contributed by atoms with Crippen LogP contribution >= 0.6 is 12.4 Å². The fourth-order valence-corrected chi connectivity index (χ4v) is 2.83. The lowest BCUT2D eigenvalue weighted by atomic mass is 10.1. The van der Waals surface area contributed by atoms with Crippen LogP contribution in [0.2, 0.25) is 0 Å². The highest BCUT2D eigenvalue weighted by Gasteiger charge is 2.46. The van der Waals surface area contributed by atoms with E-state index in [-0.39, 0.29) is 41.8 Å². The van der Waals surface area contributed by atoms with E-state index < -0.39 is 11.6 Å². The van der Waals surface area contributed by atoms with Gasteiger partial charge in [0.25, 0.3) is 0 Å². The average molecular weight is 353 g/mol. The number of halogens is 3. The van der Waals surface area contributed by atoms with E-state index in [0.717, 1.165) is 5.56 Å². The van der Waals surface area contributed by atoms with E-state index in [0.29, 0.717) is 13.0 Å². The molecule has 3 rings (SSSR count). The Hall–Kier alpha value is -1.98. The molecule has 3 atom stereocenters. The molecule has 3 nitrogen and oxygen atoms in total. The third-order valence-electron chi connectivity index (χ3n) is 4.22. The van der Waals surface area contributed by atoms with Crippen LogP contribution in [0, 0.1) is 17.6 Å². The monoisotopic (exact) mass is 352 g/mol. The lowest BCUT2D eigenvalue weighted by Crippen LogP contribution is -2.33. The Kier molecular flexibility index (Phi) is 5.91. The third kappa shape index (κ3) is 3.91. The quantitative estimate of drug-likeness (QED) is 0.867. The highest BCUT2D eigenvalue weighted by Crippen LogP contribution is 2.49. The van der Waals surface area contributed by atoms with Gasteiger partial charge < -0.3 is 11.1 Å². The molecule has 3 unspecified atom stereocenters. The molecule has 0 radical (unpaired) electrons. The molecule has 2 aromatic rings. The van der Waals surface area contributed by atoms with Crippen LogP contribution in [0.3, 0.4) is 0 Å². The molecule has 6 heteroatoms. The molecule has 2 aromatic carbocycles. The first-order chi connectivity index (χ1) is 11.1. The molecule has 128 valence electrons. The summed E-state index contributed by atoms with van der Waals surface area (Å²) >= 11 is 0. The number of rotatable bonds is 5. The van der Waals surface area contributed by atoms with Crippen molar-refractivity contribution in [3.63, 3.8) is 0 Å². The van der Waals surface area contributed by atoms with Gasteiger partial charge in [-0.05, 0) is 24.1 Å². The molecule has 3 N–H and O–H groups in total. The van der Waals surface area contributed by atoms with Crippen LogP contribution in [0.15, 0.2) is 48.5 Å². The number of carbonyl (C=O) groups excluding carboxylic acids is 1. The second kappa shape index (κ2) is 7.73. The number of carbonyl (C=O) groups is 1. The molecular weight excluding hydrogens is 334 g/mol. The molecule has 0 heterocycles. The number of hydrogen-bond donors (Lipinski definition) is 2.